The van der Waals surface area contributed by atoms with Crippen molar-refractivity contribution >= 4 is 17.7 Å². The van der Waals surface area contributed by atoms with Crippen molar-refractivity contribution in [2.45, 2.75) is 65.0 Å². The zero-order valence-electron chi connectivity index (χ0n) is 21.8. The van der Waals surface area contributed by atoms with Crippen molar-refractivity contribution < 1.29 is 19.1 Å². The monoisotopic (exact) mass is 493 g/mol. The zero-order chi connectivity index (χ0) is 26.1. The Kier molecular flexibility index (Phi) is 9.91. The largest absolute Gasteiger partial charge is 0.494 e. The molecule has 1 aliphatic rings. The third kappa shape index (κ3) is 7.09. The van der Waals surface area contributed by atoms with Crippen LogP contribution in [0.15, 0.2) is 54.6 Å². The number of hydrogen-bond acceptors (Lipinski definition) is 4. The SMILES string of the molecule is CCOc1ccc(C(=O)NC(C(=O)NC2CCN(C(=O)C(CC)c3ccccc3)CC2)C(C)C)cc1. The summed E-state index contributed by atoms with van der Waals surface area (Å²) >= 11 is 0. The number of nitrogens with zero attached hydrogens (tertiary/aromatic N) is 1. The van der Waals surface area contributed by atoms with E-state index in [1.54, 1.807) is 24.3 Å². The highest BCUT2D eigenvalue weighted by Gasteiger charge is 2.31. The fraction of sp³-hybridized carbons (Fsp3) is 0.483. The lowest BCUT2D eigenvalue weighted by atomic mass is 9.93. The van der Waals surface area contributed by atoms with E-state index in [1.807, 2.05) is 62.9 Å². The Hall–Kier alpha value is -3.35. The molecule has 2 atom stereocenters. The van der Waals surface area contributed by atoms with Crippen molar-refractivity contribution in [3.8, 4) is 5.75 Å². The number of benzene rings is 2. The number of ether oxygens (including phenoxy) is 1. The number of likely N-dealkylation sites (tertiary alicyclic amines) is 1. The van der Waals surface area contributed by atoms with Gasteiger partial charge in [0.2, 0.25) is 11.8 Å². The third-order valence-corrected chi connectivity index (χ3v) is 6.72. The number of amides is 3. The standard InChI is InChI=1S/C29H39N3O4/c1-5-25(21-10-8-7-9-11-21)29(35)32-18-16-23(17-19-32)30-28(34)26(20(3)4)31-27(33)22-12-14-24(15-13-22)36-6-2/h7-15,20,23,25-26H,5-6,16-19H2,1-4H3,(H,30,34)(H,31,33). The van der Waals surface area contributed by atoms with Crippen molar-refractivity contribution in [2.24, 2.45) is 5.92 Å². The Morgan fingerprint density at radius 1 is 0.972 bits per heavy atom. The van der Waals surface area contributed by atoms with Crippen LogP contribution >= 0.6 is 0 Å². The van der Waals surface area contributed by atoms with Gasteiger partial charge in [-0.3, -0.25) is 14.4 Å². The molecule has 0 bridgehead atoms. The predicted molar refractivity (Wildman–Crippen MR) is 141 cm³/mol. The fourth-order valence-electron chi connectivity index (χ4n) is 4.62. The molecule has 0 spiro atoms. The molecule has 2 unspecified atom stereocenters. The van der Waals surface area contributed by atoms with Gasteiger partial charge >= 0.3 is 0 Å². The lowest BCUT2D eigenvalue weighted by Gasteiger charge is -2.35. The van der Waals surface area contributed by atoms with Crippen molar-refractivity contribution in [3.63, 3.8) is 0 Å². The summed E-state index contributed by atoms with van der Waals surface area (Å²) in [5.41, 5.74) is 1.52. The third-order valence-electron chi connectivity index (χ3n) is 6.72. The zero-order valence-corrected chi connectivity index (χ0v) is 21.8. The van der Waals surface area contributed by atoms with Crippen LogP contribution in [0.1, 0.15) is 68.8 Å². The molecule has 1 heterocycles. The van der Waals surface area contributed by atoms with Gasteiger partial charge in [0.15, 0.2) is 0 Å². The minimum Gasteiger partial charge on any atom is -0.494 e. The first-order valence-electron chi connectivity index (χ1n) is 13.0. The van der Waals surface area contributed by atoms with Crippen LogP contribution in [0.4, 0.5) is 0 Å². The molecule has 1 aliphatic heterocycles. The first-order chi connectivity index (χ1) is 17.3. The van der Waals surface area contributed by atoms with Gasteiger partial charge in [0.1, 0.15) is 11.8 Å². The van der Waals surface area contributed by atoms with Crippen molar-refractivity contribution in [1.29, 1.82) is 0 Å². The molecule has 0 saturated carbocycles. The Labute approximate surface area is 214 Å². The van der Waals surface area contributed by atoms with Gasteiger partial charge in [-0.2, -0.15) is 0 Å². The first kappa shape index (κ1) is 27.2. The molecular weight excluding hydrogens is 454 g/mol. The van der Waals surface area contributed by atoms with Crippen LogP contribution in [0.25, 0.3) is 0 Å². The fourth-order valence-corrected chi connectivity index (χ4v) is 4.62. The number of hydrogen-bond donors (Lipinski definition) is 2. The van der Waals surface area contributed by atoms with Gasteiger partial charge in [0.25, 0.3) is 5.91 Å². The second-order valence-corrected chi connectivity index (χ2v) is 9.63. The number of carbonyl (C=O) groups excluding carboxylic acids is 3. The Bertz CT molecular complexity index is 999. The molecule has 1 saturated heterocycles. The van der Waals surface area contributed by atoms with Crippen molar-refractivity contribution in [3.05, 3.63) is 65.7 Å². The number of piperidine rings is 1. The van der Waals surface area contributed by atoms with Crippen LogP contribution in [0.3, 0.4) is 0 Å². The van der Waals surface area contributed by atoms with Crippen LogP contribution in [-0.2, 0) is 9.59 Å². The second-order valence-electron chi connectivity index (χ2n) is 9.63. The second kappa shape index (κ2) is 13.1. The Morgan fingerprint density at radius 3 is 2.17 bits per heavy atom. The molecule has 0 aliphatic carbocycles. The molecule has 0 radical (unpaired) electrons. The number of rotatable bonds is 10. The van der Waals surface area contributed by atoms with Gasteiger partial charge in [0.05, 0.1) is 12.5 Å². The maximum absolute atomic E-state index is 13.2. The average molecular weight is 494 g/mol. The summed E-state index contributed by atoms with van der Waals surface area (Å²) in [6.45, 7) is 9.55. The van der Waals surface area contributed by atoms with Crippen LogP contribution in [0.5, 0.6) is 5.75 Å². The Balaban J connectivity index is 1.53. The van der Waals surface area contributed by atoms with E-state index < -0.39 is 6.04 Å². The van der Waals surface area contributed by atoms with E-state index in [0.717, 1.165) is 12.0 Å². The van der Waals surface area contributed by atoms with E-state index in [0.29, 0.717) is 43.9 Å². The van der Waals surface area contributed by atoms with E-state index in [-0.39, 0.29) is 35.6 Å². The van der Waals surface area contributed by atoms with Gasteiger partial charge in [-0.15, -0.1) is 0 Å². The summed E-state index contributed by atoms with van der Waals surface area (Å²) in [5, 5.41) is 5.99. The highest BCUT2D eigenvalue weighted by atomic mass is 16.5. The van der Waals surface area contributed by atoms with Gasteiger partial charge < -0.3 is 20.3 Å². The molecule has 0 aromatic heterocycles. The van der Waals surface area contributed by atoms with Crippen molar-refractivity contribution in [1.82, 2.24) is 15.5 Å². The molecule has 2 aromatic carbocycles. The summed E-state index contributed by atoms with van der Waals surface area (Å²) in [7, 11) is 0. The minimum absolute atomic E-state index is 0.0259. The van der Waals surface area contributed by atoms with Crippen LogP contribution in [0, 0.1) is 5.92 Å². The maximum atomic E-state index is 13.2. The summed E-state index contributed by atoms with van der Waals surface area (Å²) in [6.07, 6.45) is 2.14. The Morgan fingerprint density at radius 2 is 1.61 bits per heavy atom. The molecule has 7 heteroatoms. The molecule has 2 aromatic rings. The van der Waals surface area contributed by atoms with E-state index in [2.05, 4.69) is 10.6 Å². The van der Waals surface area contributed by atoms with Gasteiger partial charge in [0, 0.05) is 24.7 Å². The molecule has 2 N–H and O–H groups in total. The van der Waals surface area contributed by atoms with Crippen molar-refractivity contribution in [2.75, 3.05) is 19.7 Å². The molecule has 1 fully saturated rings. The van der Waals surface area contributed by atoms with E-state index in [4.69, 9.17) is 4.74 Å². The molecule has 3 amide bonds. The molecule has 7 nitrogen and oxygen atoms in total. The van der Waals surface area contributed by atoms with E-state index >= 15 is 0 Å². The minimum atomic E-state index is -0.647. The molecule has 36 heavy (non-hydrogen) atoms. The summed E-state index contributed by atoms with van der Waals surface area (Å²) in [4.78, 5) is 40.9. The van der Waals surface area contributed by atoms with E-state index in [1.165, 1.54) is 0 Å². The lowest BCUT2D eigenvalue weighted by Crippen LogP contribution is -2.54. The van der Waals surface area contributed by atoms with Gasteiger partial charge in [-0.1, -0.05) is 51.1 Å². The highest BCUT2D eigenvalue weighted by Crippen LogP contribution is 2.24. The molecular formula is C29H39N3O4. The molecule has 3 rings (SSSR count). The maximum Gasteiger partial charge on any atom is 0.251 e. The quantitative estimate of drug-likeness (QED) is 0.521. The first-order valence-corrected chi connectivity index (χ1v) is 13.0. The summed E-state index contributed by atoms with van der Waals surface area (Å²) in [6, 6.07) is 16.1. The normalized spacial score (nSPS) is 15.8. The van der Waals surface area contributed by atoms with Crippen LogP contribution < -0.4 is 15.4 Å². The van der Waals surface area contributed by atoms with E-state index in [9.17, 15) is 14.4 Å². The van der Waals surface area contributed by atoms with Crippen LogP contribution in [0.2, 0.25) is 0 Å². The topological polar surface area (TPSA) is 87.7 Å². The van der Waals surface area contributed by atoms with Crippen LogP contribution in [-0.4, -0.2) is 54.4 Å². The van der Waals surface area contributed by atoms with Gasteiger partial charge in [-0.25, -0.2) is 0 Å². The van der Waals surface area contributed by atoms with Gasteiger partial charge in [-0.05, 0) is 61.9 Å². The number of nitrogens with one attached hydrogen (secondary N) is 2. The highest BCUT2D eigenvalue weighted by molar-refractivity contribution is 5.97. The summed E-state index contributed by atoms with van der Waals surface area (Å²) < 4.78 is 5.43. The number of carbonyl (C=O) groups is 3. The summed E-state index contributed by atoms with van der Waals surface area (Å²) in [5.74, 6) is 0.154. The molecule has 194 valence electrons. The predicted octanol–water partition coefficient (Wildman–Crippen LogP) is 4.14. The lowest BCUT2D eigenvalue weighted by molar-refractivity contribution is -0.134. The average Bonchev–Trinajstić information content (AvgIpc) is 2.89. The smallest absolute Gasteiger partial charge is 0.251 e.